The van der Waals surface area contributed by atoms with Crippen LogP contribution in [0.15, 0.2) is 54.7 Å². The molecule has 0 radical (unpaired) electrons. The van der Waals surface area contributed by atoms with Crippen LogP contribution in [0.3, 0.4) is 0 Å². The molecule has 8 nitrogen and oxygen atoms in total. The van der Waals surface area contributed by atoms with E-state index in [1.165, 1.54) is 14.0 Å². The molecule has 8 heteroatoms. The van der Waals surface area contributed by atoms with Gasteiger partial charge in [-0.2, -0.15) is 0 Å². The van der Waals surface area contributed by atoms with Gasteiger partial charge < -0.3 is 29.0 Å². The van der Waals surface area contributed by atoms with Gasteiger partial charge in [-0.25, -0.2) is 0 Å². The smallest absolute Gasteiger partial charge is 0.217 e. The van der Waals surface area contributed by atoms with Crippen molar-refractivity contribution in [2.24, 2.45) is 0 Å². The van der Waals surface area contributed by atoms with Crippen LogP contribution < -0.4 is 5.32 Å². The van der Waals surface area contributed by atoms with Crippen LogP contribution in [0, 0.1) is 0 Å². The van der Waals surface area contributed by atoms with Crippen molar-refractivity contribution in [1.82, 2.24) is 10.3 Å². The fraction of sp³-hybridized carbons (Fsp3) is 0.455. The maximum atomic E-state index is 11.9. The quantitative estimate of drug-likeness (QED) is 0.773. The molecular weight excluding hydrogens is 388 g/mol. The van der Waals surface area contributed by atoms with Gasteiger partial charge in [0.15, 0.2) is 12.6 Å². The standard InChI is InChI=1S/C22H26N2O6/c1-14(25)24-18-20(27-12-16-10-6-7-11-23-16)19-17(29-22(18)26-2)13-28-21(30-19)15-8-4-3-5-9-15/h3-11,17-22H,12-13H2,1-2H3,(H,24,25)/t17-,18-,19-,20-,21?,22+/m1/s1. The number of benzene rings is 1. The highest BCUT2D eigenvalue weighted by molar-refractivity contribution is 5.73. The summed E-state index contributed by atoms with van der Waals surface area (Å²) in [7, 11) is 1.53. The van der Waals surface area contributed by atoms with E-state index >= 15 is 0 Å². The highest BCUT2D eigenvalue weighted by atomic mass is 16.7. The van der Waals surface area contributed by atoms with Crippen molar-refractivity contribution in [3.05, 3.63) is 66.0 Å². The summed E-state index contributed by atoms with van der Waals surface area (Å²) < 4.78 is 30.0. The van der Waals surface area contributed by atoms with Gasteiger partial charge in [0.05, 0.1) is 18.9 Å². The third-order valence-electron chi connectivity index (χ3n) is 5.16. The Morgan fingerprint density at radius 2 is 1.97 bits per heavy atom. The Hall–Kier alpha value is -2.36. The van der Waals surface area contributed by atoms with Crippen molar-refractivity contribution < 1.29 is 28.5 Å². The molecule has 2 saturated heterocycles. The van der Waals surface area contributed by atoms with Crippen molar-refractivity contribution in [1.29, 1.82) is 0 Å². The lowest BCUT2D eigenvalue weighted by atomic mass is 9.95. The van der Waals surface area contributed by atoms with Crippen LogP contribution in [0.1, 0.15) is 24.5 Å². The van der Waals surface area contributed by atoms with Crippen molar-refractivity contribution >= 4 is 5.91 Å². The first-order chi connectivity index (χ1) is 14.7. The van der Waals surface area contributed by atoms with Gasteiger partial charge in [-0.15, -0.1) is 0 Å². The molecule has 3 heterocycles. The van der Waals surface area contributed by atoms with Crippen LogP contribution in [0.25, 0.3) is 0 Å². The molecule has 6 atom stereocenters. The van der Waals surface area contributed by atoms with Crippen LogP contribution in [-0.2, 0) is 35.1 Å². The van der Waals surface area contributed by atoms with Gasteiger partial charge >= 0.3 is 0 Å². The maximum absolute atomic E-state index is 11.9. The minimum absolute atomic E-state index is 0.206. The van der Waals surface area contributed by atoms with Gasteiger partial charge in [0.1, 0.15) is 24.4 Å². The Balaban J connectivity index is 1.58. The van der Waals surface area contributed by atoms with Crippen molar-refractivity contribution in [3.8, 4) is 0 Å². The second-order valence-electron chi connectivity index (χ2n) is 7.28. The molecule has 2 fully saturated rings. The predicted molar refractivity (Wildman–Crippen MR) is 106 cm³/mol. The number of hydrogen-bond acceptors (Lipinski definition) is 7. The average Bonchev–Trinajstić information content (AvgIpc) is 2.78. The summed E-state index contributed by atoms with van der Waals surface area (Å²) in [5.74, 6) is -0.206. The van der Waals surface area contributed by atoms with E-state index in [0.29, 0.717) is 6.61 Å². The molecule has 0 saturated carbocycles. The Bertz CT molecular complexity index is 821. The number of carbonyl (C=O) groups excluding carboxylic acids is 1. The Morgan fingerprint density at radius 3 is 2.67 bits per heavy atom. The van der Waals surface area contributed by atoms with Crippen LogP contribution in [0.4, 0.5) is 0 Å². The van der Waals surface area contributed by atoms with Crippen molar-refractivity contribution in [2.75, 3.05) is 13.7 Å². The van der Waals surface area contributed by atoms with Gasteiger partial charge in [0, 0.05) is 25.8 Å². The molecule has 0 aliphatic carbocycles. The van der Waals surface area contributed by atoms with E-state index in [0.717, 1.165) is 11.3 Å². The first-order valence-corrected chi connectivity index (χ1v) is 9.94. The number of pyridine rings is 1. The lowest BCUT2D eigenvalue weighted by Crippen LogP contribution is -2.67. The Kier molecular flexibility index (Phi) is 6.71. The summed E-state index contributed by atoms with van der Waals surface area (Å²) in [4.78, 5) is 16.2. The summed E-state index contributed by atoms with van der Waals surface area (Å²) in [6.07, 6.45) is -0.900. The molecule has 2 aliphatic heterocycles. The fourth-order valence-electron chi connectivity index (χ4n) is 3.80. The molecule has 1 aromatic carbocycles. The van der Waals surface area contributed by atoms with Gasteiger partial charge in [-0.3, -0.25) is 9.78 Å². The summed E-state index contributed by atoms with van der Waals surface area (Å²) in [5.41, 5.74) is 1.69. The first kappa shape index (κ1) is 20.9. The number of carbonyl (C=O) groups is 1. The molecule has 160 valence electrons. The maximum Gasteiger partial charge on any atom is 0.217 e. The minimum atomic E-state index is -0.690. The molecule has 1 unspecified atom stereocenters. The normalized spacial score (nSPS) is 31.0. The highest BCUT2D eigenvalue weighted by Gasteiger charge is 2.51. The SMILES string of the molecule is CO[C@H]1O[C@@H]2COC(c3ccccc3)O[C@H]2[C@H](OCc2ccccn2)[C@H]1NC(C)=O. The van der Waals surface area contributed by atoms with Gasteiger partial charge in [-0.1, -0.05) is 36.4 Å². The minimum Gasteiger partial charge on any atom is -0.367 e. The van der Waals surface area contributed by atoms with E-state index in [1.807, 2.05) is 48.5 Å². The number of ether oxygens (including phenoxy) is 5. The van der Waals surface area contributed by atoms with Crippen molar-refractivity contribution in [3.63, 3.8) is 0 Å². The van der Waals surface area contributed by atoms with Crippen LogP contribution >= 0.6 is 0 Å². The number of nitrogens with zero attached hydrogens (tertiary/aromatic N) is 1. The molecular formula is C22H26N2O6. The van der Waals surface area contributed by atoms with Crippen molar-refractivity contribution in [2.45, 2.75) is 50.5 Å². The number of hydrogen-bond donors (Lipinski definition) is 1. The molecule has 2 aromatic rings. The lowest BCUT2D eigenvalue weighted by molar-refractivity contribution is -0.346. The van der Waals surface area contributed by atoms with E-state index in [4.69, 9.17) is 23.7 Å². The van der Waals surface area contributed by atoms with E-state index in [-0.39, 0.29) is 12.5 Å². The second kappa shape index (κ2) is 9.63. The lowest BCUT2D eigenvalue weighted by Gasteiger charge is -2.49. The molecule has 30 heavy (non-hydrogen) atoms. The predicted octanol–water partition coefficient (Wildman–Crippen LogP) is 1.96. The molecule has 0 bridgehead atoms. The number of fused-ring (bicyclic) bond motifs is 1. The van der Waals surface area contributed by atoms with Crippen LogP contribution in [0.5, 0.6) is 0 Å². The summed E-state index contributed by atoms with van der Waals surface area (Å²) in [5, 5.41) is 2.90. The monoisotopic (exact) mass is 414 g/mol. The summed E-state index contributed by atoms with van der Waals surface area (Å²) in [6.45, 7) is 2.04. The third kappa shape index (κ3) is 4.69. The van der Waals surface area contributed by atoms with Crippen LogP contribution in [0.2, 0.25) is 0 Å². The van der Waals surface area contributed by atoms with E-state index in [9.17, 15) is 4.79 Å². The summed E-state index contributed by atoms with van der Waals surface area (Å²) in [6, 6.07) is 14.8. The topological polar surface area (TPSA) is 88.1 Å². The van der Waals surface area contributed by atoms with Gasteiger partial charge in [0.25, 0.3) is 0 Å². The molecule has 1 aromatic heterocycles. The number of methoxy groups -OCH3 is 1. The Labute approximate surface area is 175 Å². The first-order valence-electron chi connectivity index (χ1n) is 9.94. The number of aromatic nitrogens is 1. The number of nitrogens with one attached hydrogen (secondary N) is 1. The summed E-state index contributed by atoms with van der Waals surface area (Å²) >= 11 is 0. The molecule has 1 amide bonds. The molecule has 1 N–H and O–H groups in total. The Morgan fingerprint density at radius 1 is 1.17 bits per heavy atom. The zero-order chi connectivity index (χ0) is 20.9. The van der Waals surface area contributed by atoms with E-state index in [2.05, 4.69) is 10.3 Å². The van der Waals surface area contributed by atoms with Gasteiger partial charge in [-0.05, 0) is 12.1 Å². The van der Waals surface area contributed by atoms with Crippen LogP contribution in [-0.4, -0.2) is 55.3 Å². The molecule has 0 spiro atoms. The van der Waals surface area contributed by atoms with Gasteiger partial charge in [0.2, 0.25) is 5.91 Å². The molecule has 4 rings (SSSR count). The average molecular weight is 414 g/mol. The fourth-order valence-corrected chi connectivity index (χ4v) is 3.80. The zero-order valence-electron chi connectivity index (χ0n) is 17.0. The van der Waals surface area contributed by atoms with E-state index in [1.54, 1.807) is 6.20 Å². The molecule has 2 aliphatic rings. The van der Waals surface area contributed by atoms with E-state index < -0.39 is 36.9 Å². The second-order valence-corrected chi connectivity index (χ2v) is 7.28. The largest absolute Gasteiger partial charge is 0.367 e. The number of amides is 1. The highest BCUT2D eigenvalue weighted by Crippen LogP contribution is 2.35. The number of rotatable bonds is 6. The third-order valence-corrected chi connectivity index (χ3v) is 5.16. The zero-order valence-corrected chi connectivity index (χ0v) is 17.0.